The number of aromatic nitrogens is 3. The number of rotatable bonds is 4. The second-order valence-corrected chi connectivity index (χ2v) is 9.07. The lowest BCUT2D eigenvalue weighted by atomic mass is 9.96. The molecule has 0 saturated carbocycles. The maximum atomic E-state index is 5.87. The molecule has 1 aliphatic heterocycles. The monoisotopic (exact) mass is 453 g/mol. The molecule has 4 aromatic rings. The molecule has 0 radical (unpaired) electrons. The number of anilines is 1. The fraction of sp³-hybridized carbons (Fsp3) is 0.222. The van der Waals surface area contributed by atoms with E-state index in [2.05, 4.69) is 94.9 Å². The van der Waals surface area contributed by atoms with Gasteiger partial charge in [-0.05, 0) is 93.5 Å². The minimum atomic E-state index is -0.0700. The van der Waals surface area contributed by atoms with E-state index in [1.165, 1.54) is 16.7 Å². The van der Waals surface area contributed by atoms with Gasteiger partial charge in [-0.3, -0.25) is 4.98 Å². The van der Waals surface area contributed by atoms with Crippen molar-refractivity contribution >= 4 is 23.0 Å². The van der Waals surface area contributed by atoms with Gasteiger partial charge in [-0.2, -0.15) is 0 Å². The third-order valence-electron chi connectivity index (χ3n) is 6.33. The second kappa shape index (κ2) is 8.45. The van der Waals surface area contributed by atoms with Crippen LogP contribution in [0.2, 0.25) is 0 Å². The third kappa shape index (κ3) is 3.80. The van der Waals surface area contributed by atoms with E-state index in [1.807, 2.05) is 30.6 Å². The molecule has 6 heteroatoms. The van der Waals surface area contributed by atoms with Crippen LogP contribution in [0.1, 0.15) is 45.9 Å². The standard InChI is InChI=1S/C27H27N5S/c1-17-8-10-21(11-9-17)32-26(25(30-27(32)33)23-7-5-6-13-28-23)22-16-19(3)31(20(22)4)24-15-18(2)12-14-29-24/h5-16,25-26H,1-4H3,(H,30,33)/t25-,26+/m1/s1. The molecule has 0 unspecified atom stereocenters. The molecule has 1 N–H and O–H groups in total. The molecule has 0 spiro atoms. The van der Waals surface area contributed by atoms with Crippen LogP contribution in [0.4, 0.5) is 5.69 Å². The average Bonchev–Trinajstić information content (AvgIpc) is 3.30. The summed E-state index contributed by atoms with van der Waals surface area (Å²) in [5, 5.41) is 4.26. The van der Waals surface area contributed by atoms with Crippen molar-refractivity contribution in [3.63, 3.8) is 0 Å². The van der Waals surface area contributed by atoms with E-state index in [-0.39, 0.29) is 12.1 Å². The lowest BCUT2D eigenvalue weighted by Gasteiger charge is -2.28. The summed E-state index contributed by atoms with van der Waals surface area (Å²) < 4.78 is 2.23. The van der Waals surface area contributed by atoms with Crippen molar-refractivity contribution < 1.29 is 0 Å². The number of nitrogens with one attached hydrogen (secondary N) is 1. The molecule has 1 aliphatic rings. The van der Waals surface area contributed by atoms with Gasteiger partial charge in [-0.15, -0.1) is 0 Å². The van der Waals surface area contributed by atoms with Crippen molar-refractivity contribution in [2.75, 3.05) is 4.90 Å². The van der Waals surface area contributed by atoms with Gasteiger partial charge in [0.2, 0.25) is 0 Å². The fourth-order valence-corrected chi connectivity index (χ4v) is 5.08. The largest absolute Gasteiger partial charge is 0.351 e. The van der Waals surface area contributed by atoms with Crippen LogP contribution >= 0.6 is 12.2 Å². The summed E-state index contributed by atoms with van der Waals surface area (Å²) in [4.78, 5) is 11.5. The van der Waals surface area contributed by atoms with Gasteiger partial charge < -0.3 is 14.8 Å². The minimum absolute atomic E-state index is 0.0418. The maximum absolute atomic E-state index is 5.87. The number of benzene rings is 1. The average molecular weight is 454 g/mol. The van der Waals surface area contributed by atoms with Gasteiger partial charge in [-0.25, -0.2) is 4.98 Å². The Morgan fingerprint density at radius 1 is 0.848 bits per heavy atom. The zero-order valence-corrected chi connectivity index (χ0v) is 20.1. The van der Waals surface area contributed by atoms with E-state index in [0.29, 0.717) is 5.11 Å². The Hall–Kier alpha value is -3.51. The lowest BCUT2D eigenvalue weighted by molar-refractivity contribution is 0.565. The molecule has 1 aromatic carbocycles. The zero-order chi connectivity index (χ0) is 23.1. The molecule has 3 aromatic heterocycles. The lowest BCUT2D eigenvalue weighted by Crippen LogP contribution is -2.29. The Balaban J connectivity index is 1.68. The summed E-state index contributed by atoms with van der Waals surface area (Å²) in [7, 11) is 0. The number of pyridine rings is 2. The third-order valence-corrected chi connectivity index (χ3v) is 6.64. The van der Waals surface area contributed by atoms with Gasteiger partial charge in [0.05, 0.1) is 17.8 Å². The fourth-order valence-electron chi connectivity index (χ4n) is 4.74. The molecule has 0 aliphatic carbocycles. The molecule has 0 amide bonds. The normalized spacial score (nSPS) is 17.9. The number of aryl methyl sites for hydroxylation is 3. The molecule has 0 bridgehead atoms. The van der Waals surface area contributed by atoms with Crippen molar-refractivity contribution in [3.8, 4) is 5.82 Å². The van der Waals surface area contributed by atoms with Crippen LogP contribution < -0.4 is 10.2 Å². The summed E-state index contributed by atoms with van der Waals surface area (Å²) in [6, 6.07) is 20.9. The van der Waals surface area contributed by atoms with Crippen molar-refractivity contribution in [2.24, 2.45) is 0 Å². The highest BCUT2D eigenvalue weighted by Crippen LogP contribution is 2.43. The smallest absolute Gasteiger partial charge is 0.174 e. The SMILES string of the molecule is Cc1ccc(N2C(=S)N[C@H](c3ccccn3)[C@@H]2c2cc(C)n(-c3cc(C)ccn3)c2C)cc1. The highest BCUT2D eigenvalue weighted by molar-refractivity contribution is 7.80. The van der Waals surface area contributed by atoms with E-state index < -0.39 is 0 Å². The summed E-state index contributed by atoms with van der Waals surface area (Å²) in [6.07, 6.45) is 3.70. The van der Waals surface area contributed by atoms with Crippen LogP contribution in [-0.2, 0) is 0 Å². The predicted octanol–water partition coefficient (Wildman–Crippen LogP) is 5.68. The zero-order valence-electron chi connectivity index (χ0n) is 19.3. The van der Waals surface area contributed by atoms with Gasteiger partial charge in [0, 0.05) is 29.5 Å². The molecule has 33 heavy (non-hydrogen) atoms. The van der Waals surface area contributed by atoms with Crippen molar-refractivity contribution in [2.45, 2.75) is 39.8 Å². The summed E-state index contributed by atoms with van der Waals surface area (Å²) >= 11 is 5.87. The van der Waals surface area contributed by atoms with E-state index >= 15 is 0 Å². The molecular formula is C27H27N5S. The number of nitrogens with zero attached hydrogens (tertiary/aromatic N) is 4. The minimum Gasteiger partial charge on any atom is -0.351 e. The van der Waals surface area contributed by atoms with Crippen molar-refractivity contribution in [1.29, 1.82) is 0 Å². The van der Waals surface area contributed by atoms with Gasteiger partial charge in [-0.1, -0.05) is 23.8 Å². The van der Waals surface area contributed by atoms with Crippen molar-refractivity contribution in [3.05, 3.63) is 107 Å². The first kappa shape index (κ1) is 21.3. The molecule has 4 heterocycles. The van der Waals surface area contributed by atoms with E-state index in [0.717, 1.165) is 28.6 Å². The van der Waals surface area contributed by atoms with Crippen LogP contribution in [0.25, 0.3) is 5.82 Å². The van der Waals surface area contributed by atoms with Crippen molar-refractivity contribution in [1.82, 2.24) is 19.9 Å². The quantitative estimate of drug-likeness (QED) is 0.403. The molecule has 166 valence electrons. The first-order valence-corrected chi connectivity index (χ1v) is 11.5. The molecule has 1 fully saturated rings. The molecule has 1 saturated heterocycles. The second-order valence-electron chi connectivity index (χ2n) is 8.69. The summed E-state index contributed by atoms with van der Waals surface area (Å²) in [6.45, 7) is 8.49. The van der Waals surface area contributed by atoms with E-state index in [9.17, 15) is 0 Å². The Kier molecular flexibility index (Phi) is 5.46. The number of thiocarbonyl (C=S) groups is 1. The van der Waals surface area contributed by atoms with Crippen LogP contribution in [0, 0.1) is 27.7 Å². The van der Waals surface area contributed by atoms with E-state index in [1.54, 1.807) is 0 Å². The van der Waals surface area contributed by atoms with Crippen LogP contribution in [0.3, 0.4) is 0 Å². The maximum Gasteiger partial charge on any atom is 0.174 e. The van der Waals surface area contributed by atoms with Crippen LogP contribution in [-0.4, -0.2) is 19.6 Å². The molecular weight excluding hydrogens is 426 g/mol. The number of hydrogen-bond donors (Lipinski definition) is 1. The topological polar surface area (TPSA) is 46.0 Å². The Labute approximate surface area is 200 Å². The Bertz CT molecular complexity index is 1310. The van der Waals surface area contributed by atoms with Gasteiger partial charge in [0.15, 0.2) is 5.11 Å². The summed E-state index contributed by atoms with van der Waals surface area (Å²) in [5.41, 5.74) is 7.95. The van der Waals surface area contributed by atoms with Crippen LogP contribution in [0.5, 0.6) is 0 Å². The predicted molar refractivity (Wildman–Crippen MR) is 137 cm³/mol. The van der Waals surface area contributed by atoms with Gasteiger partial charge in [0.1, 0.15) is 5.82 Å². The molecule has 5 rings (SSSR count). The highest BCUT2D eigenvalue weighted by Gasteiger charge is 2.42. The molecule has 5 nitrogen and oxygen atoms in total. The van der Waals surface area contributed by atoms with Crippen LogP contribution in [0.15, 0.2) is 73.1 Å². The van der Waals surface area contributed by atoms with E-state index in [4.69, 9.17) is 12.2 Å². The Morgan fingerprint density at radius 3 is 2.33 bits per heavy atom. The highest BCUT2D eigenvalue weighted by atomic mass is 32.1. The van der Waals surface area contributed by atoms with Gasteiger partial charge in [0.25, 0.3) is 0 Å². The first-order chi connectivity index (χ1) is 15.9. The Morgan fingerprint density at radius 2 is 1.64 bits per heavy atom. The summed E-state index contributed by atoms with van der Waals surface area (Å²) in [5.74, 6) is 0.932. The molecule has 2 atom stereocenters. The number of hydrogen-bond acceptors (Lipinski definition) is 3. The first-order valence-electron chi connectivity index (χ1n) is 11.1. The van der Waals surface area contributed by atoms with Gasteiger partial charge >= 0.3 is 0 Å².